The monoisotopic (exact) mass is 256 g/mol. The molecule has 1 atom stereocenters. The highest BCUT2D eigenvalue weighted by molar-refractivity contribution is 5.37. The van der Waals surface area contributed by atoms with Crippen LogP contribution in [0.1, 0.15) is 11.1 Å². The minimum atomic E-state index is -0.328. The maximum absolute atomic E-state index is 8.87. The molecule has 98 valence electrons. The zero-order chi connectivity index (χ0) is 13.5. The molecule has 0 aliphatic carbocycles. The molecule has 0 aromatic heterocycles. The zero-order valence-corrected chi connectivity index (χ0v) is 10.7. The van der Waals surface area contributed by atoms with Crippen LogP contribution in [0.15, 0.2) is 24.3 Å². The second-order valence-electron chi connectivity index (χ2n) is 4.38. The molecule has 1 fully saturated rings. The van der Waals surface area contributed by atoms with Gasteiger partial charge in [-0.05, 0) is 17.7 Å². The maximum Gasteiger partial charge on any atom is 0.156 e. The topological polar surface area (TPSA) is 56.5 Å². The Morgan fingerprint density at radius 3 is 3.16 bits per heavy atom. The molecule has 1 aromatic carbocycles. The predicted octanol–water partition coefficient (Wildman–Crippen LogP) is 0.755. The number of benzene rings is 1. The summed E-state index contributed by atoms with van der Waals surface area (Å²) in [5.41, 5.74) is 2.06. The molecule has 1 aliphatic rings. The normalized spacial score (nSPS) is 19.3. The Labute approximate surface area is 113 Å². The molecule has 19 heavy (non-hydrogen) atoms. The third-order valence-electron chi connectivity index (χ3n) is 2.94. The lowest BCUT2D eigenvalue weighted by molar-refractivity contribution is -0.00269. The lowest BCUT2D eigenvalue weighted by Crippen LogP contribution is -2.41. The van der Waals surface area contributed by atoms with Crippen molar-refractivity contribution in [2.75, 3.05) is 26.3 Å². The Kier molecular flexibility index (Phi) is 4.94. The summed E-state index contributed by atoms with van der Waals surface area (Å²) in [7, 11) is 0. The van der Waals surface area contributed by atoms with Gasteiger partial charge in [0.15, 0.2) is 6.10 Å². The zero-order valence-electron chi connectivity index (χ0n) is 10.7. The van der Waals surface area contributed by atoms with Crippen LogP contribution in [-0.4, -0.2) is 42.4 Å². The van der Waals surface area contributed by atoms with Crippen LogP contribution in [-0.2, 0) is 11.3 Å². The van der Waals surface area contributed by atoms with Gasteiger partial charge in [-0.15, -0.1) is 0 Å². The molecule has 1 heterocycles. The second-order valence-corrected chi connectivity index (χ2v) is 4.38. The Morgan fingerprint density at radius 1 is 1.47 bits per heavy atom. The number of ether oxygens (including phenoxy) is 1. The SMILES string of the molecule is N#CC1CN(Cc2cccc(C#CCO)c2)CCO1. The third-order valence-corrected chi connectivity index (χ3v) is 2.94. The van der Waals surface area contributed by atoms with Gasteiger partial charge in [0.25, 0.3) is 0 Å². The number of nitriles is 1. The predicted molar refractivity (Wildman–Crippen MR) is 71.0 cm³/mol. The van der Waals surface area contributed by atoms with E-state index in [1.807, 2.05) is 24.3 Å². The van der Waals surface area contributed by atoms with E-state index in [9.17, 15) is 0 Å². The molecule has 1 aromatic rings. The highest BCUT2D eigenvalue weighted by Gasteiger charge is 2.19. The van der Waals surface area contributed by atoms with Crippen LogP contribution < -0.4 is 0 Å². The first kappa shape index (κ1) is 13.6. The van der Waals surface area contributed by atoms with Crippen molar-refractivity contribution in [3.63, 3.8) is 0 Å². The maximum atomic E-state index is 8.87. The number of nitrogens with zero attached hydrogens (tertiary/aromatic N) is 2. The van der Waals surface area contributed by atoms with Crippen LogP contribution >= 0.6 is 0 Å². The molecule has 1 N–H and O–H groups in total. The van der Waals surface area contributed by atoms with E-state index in [1.54, 1.807) is 0 Å². The van der Waals surface area contributed by atoms with Crippen molar-refractivity contribution in [2.24, 2.45) is 0 Å². The van der Waals surface area contributed by atoms with Gasteiger partial charge >= 0.3 is 0 Å². The van der Waals surface area contributed by atoms with E-state index in [1.165, 1.54) is 0 Å². The highest BCUT2D eigenvalue weighted by atomic mass is 16.5. The van der Waals surface area contributed by atoms with Crippen molar-refractivity contribution < 1.29 is 9.84 Å². The number of rotatable bonds is 2. The fraction of sp³-hybridized carbons (Fsp3) is 0.400. The number of hydrogen-bond donors (Lipinski definition) is 1. The van der Waals surface area contributed by atoms with Crippen LogP contribution in [0, 0.1) is 23.2 Å². The fourth-order valence-electron chi connectivity index (χ4n) is 2.07. The first-order valence-electron chi connectivity index (χ1n) is 6.24. The van der Waals surface area contributed by atoms with Gasteiger partial charge in [-0.1, -0.05) is 24.0 Å². The van der Waals surface area contributed by atoms with Gasteiger partial charge in [0.2, 0.25) is 0 Å². The van der Waals surface area contributed by atoms with Gasteiger partial charge in [-0.25, -0.2) is 0 Å². The number of aliphatic hydroxyl groups is 1. The van der Waals surface area contributed by atoms with Gasteiger partial charge in [0, 0.05) is 25.2 Å². The van der Waals surface area contributed by atoms with Crippen molar-refractivity contribution in [2.45, 2.75) is 12.6 Å². The van der Waals surface area contributed by atoms with Gasteiger partial charge in [-0.2, -0.15) is 5.26 Å². The van der Waals surface area contributed by atoms with E-state index >= 15 is 0 Å². The molecular weight excluding hydrogens is 240 g/mol. The average Bonchev–Trinajstić information content (AvgIpc) is 2.46. The molecule has 0 saturated carbocycles. The van der Waals surface area contributed by atoms with E-state index in [2.05, 4.69) is 22.8 Å². The lowest BCUT2D eigenvalue weighted by atomic mass is 10.1. The third kappa shape index (κ3) is 4.08. The second kappa shape index (κ2) is 6.92. The van der Waals surface area contributed by atoms with E-state index < -0.39 is 0 Å². The van der Waals surface area contributed by atoms with Gasteiger partial charge in [0.05, 0.1) is 12.7 Å². The summed E-state index contributed by atoms with van der Waals surface area (Å²) < 4.78 is 5.32. The molecule has 4 nitrogen and oxygen atoms in total. The Balaban J connectivity index is 2.01. The molecule has 0 amide bonds. The van der Waals surface area contributed by atoms with Crippen molar-refractivity contribution in [1.82, 2.24) is 4.90 Å². The standard InChI is InChI=1S/C15H16N2O2/c16-10-15-12-17(6-8-19-15)11-14-4-1-3-13(9-14)5-2-7-18/h1,3-4,9,15,18H,6-8,11-12H2. The lowest BCUT2D eigenvalue weighted by Gasteiger charge is -2.29. The van der Waals surface area contributed by atoms with Gasteiger partial charge in [-0.3, -0.25) is 4.90 Å². The van der Waals surface area contributed by atoms with Gasteiger partial charge < -0.3 is 9.84 Å². The molecule has 1 aliphatic heterocycles. The molecule has 2 rings (SSSR count). The van der Waals surface area contributed by atoms with Crippen LogP contribution in [0.5, 0.6) is 0 Å². The molecule has 0 radical (unpaired) electrons. The summed E-state index contributed by atoms with van der Waals surface area (Å²) >= 11 is 0. The Morgan fingerprint density at radius 2 is 2.37 bits per heavy atom. The average molecular weight is 256 g/mol. The van der Waals surface area contributed by atoms with Crippen LogP contribution in [0.2, 0.25) is 0 Å². The fourth-order valence-corrected chi connectivity index (χ4v) is 2.07. The van der Waals surface area contributed by atoms with Crippen molar-refractivity contribution >= 4 is 0 Å². The Hall–Kier alpha value is -1.85. The van der Waals surface area contributed by atoms with E-state index in [4.69, 9.17) is 15.1 Å². The number of morpholine rings is 1. The quantitative estimate of drug-likeness (QED) is 0.794. The molecule has 0 bridgehead atoms. The van der Waals surface area contributed by atoms with Crippen LogP contribution in [0.3, 0.4) is 0 Å². The summed E-state index contributed by atoms with van der Waals surface area (Å²) in [6.45, 7) is 2.74. The number of hydrogen-bond acceptors (Lipinski definition) is 4. The first-order chi connectivity index (χ1) is 9.31. The molecule has 1 saturated heterocycles. The summed E-state index contributed by atoms with van der Waals surface area (Å²) in [5, 5.41) is 17.6. The van der Waals surface area contributed by atoms with E-state index in [-0.39, 0.29) is 12.7 Å². The van der Waals surface area contributed by atoms with E-state index in [0.717, 1.165) is 24.2 Å². The molecule has 1 unspecified atom stereocenters. The van der Waals surface area contributed by atoms with Gasteiger partial charge in [0.1, 0.15) is 6.61 Å². The molecular formula is C15H16N2O2. The van der Waals surface area contributed by atoms with Crippen LogP contribution in [0.25, 0.3) is 0 Å². The van der Waals surface area contributed by atoms with E-state index in [0.29, 0.717) is 13.2 Å². The van der Waals surface area contributed by atoms with Crippen molar-refractivity contribution in [3.8, 4) is 17.9 Å². The Bertz CT molecular complexity index is 525. The summed E-state index contributed by atoms with van der Waals surface area (Å²) in [5.74, 6) is 5.54. The smallest absolute Gasteiger partial charge is 0.156 e. The molecule has 0 spiro atoms. The van der Waals surface area contributed by atoms with Crippen molar-refractivity contribution in [3.05, 3.63) is 35.4 Å². The largest absolute Gasteiger partial charge is 0.384 e. The highest BCUT2D eigenvalue weighted by Crippen LogP contribution is 2.11. The minimum absolute atomic E-state index is 0.127. The van der Waals surface area contributed by atoms with Crippen LogP contribution in [0.4, 0.5) is 0 Å². The summed E-state index contributed by atoms with van der Waals surface area (Å²) in [6.07, 6.45) is -0.328. The molecule has 4 heteroatoms. The minimum Gasteiger partial charge on any atom is -0.384 e. The van der Waals surface area contributed by atoms with Crippen molar-refractivity contribution in [1.29, 1.82) is 5.26 Å². The first-order valence-corrected chi connectivity index (χ1v) is 6.24. The number of aliphatic hydroxyl groups excluding tert-OH is 1. The summed E-state index contributed by atoms with van der Waals surface area (Å²) in [4.78, 5) is 2.20. The summed E-state index contributed by atoms with van der Waals surface area (Å²) in [6, 6.07) is 10.1.